The fourth-order valence-corrected chi connectivity index (χ4v) is 4.84. The lowest BCUT2D eigenvalue weighted by Gasteiger charge is -2.31. The van der Waals surface area contributed by atoms with Gasteiger partial charge in [0.05, 0.1) is 11.6 Å². The van der Waals surface area contributed by atoms with Gasteiger partial charge in [0.15, 0.2) is 0 Å². The zero-order valence-electron chi connectivity index (χ0n) is 16.3. The van der Waals surface area contributed by atoms with Gasteiger partial charge in [-0.15, -0.1) is 0 Å². The summed E-state index contributed by atoms with van der Waals surface area (Å²) >= 11 is 0. The molecule has 1 aromatic heterocycles. The fourth-order valence-electron chi connectivity index (χ4n) is 3.41. The molecule has 30 heavy (non-hydrogen) atoms. The van der Waals surface area contributed by atoms with E-state index in [4.69, 9.17) is 0 Å². The Balaban J connectivity index is 1.59. The molecule has 1 aliphatic heterocycles. The molecule has 1 amide bonds. The number of sulfonamides is 1. The zero-order valence-corrected chi connectivity index (χ0v) is 17.1. The molecule has 0 spiro atoms. The standard InChI is InChI=1S/C20H22F3N3O3S/c1-14(16-4-2-5-17(12-16)20(21,22)23)25-19(27)15-7-10-26(11-8-15)30(28,29)18-6-3-9-24-13-18/h2-6,9,12-15H,7-8,10-11H2,1H3,(H,25,27). The first-order chi connectivity index (χ1) is 14.1. The molecule has 1 saturated heterocycles. The van der Waals surface area contributed by atoms with Crippen molar-refractivity contribution in [3.63, 3.8) is 0 Å². The predicted octanol–water partition coefficient (Wildman–Crippen LogP) is 3.38. The van der Waals surface area contributed by atoms with Crippen molar-refractivity contribution in [2.75, 3.05) is 13.1 Å². The van der Waals surface area contributed by atoms with E-state index in [0.29, 0.717) is 18.4 Å². The molecule has 162 valence electrons. The van der Waals surface area contributed by atoms with Crippen molar-refractivity contribution in [2.45, 2.75) is 36.9 Å². The van der Waals surface area contributed by atoms with Crippen LogP contribution in [-0.4, -0.2) is 36.7 Å². The van der Waals surface area contributed by atoms with E-state index in [2.05, 4.69) is 10.3 Å². The van der Waals surface area contributed by atoms with Gasteiger partial charge in [0.2, 0.25) is 15.9 Å². The maximum absolute atomic E-state index is 12.9. The molecule has 1 atom stereocenters. The largest absolute Gasteiger partial charge is 0.416 e. The summed E-state index contributed by atoms with van der Waals surface area (Å²) < 4.78 is 65.3. The van der Waals surface area contributed by atoms with Crippen LogP contribution in [0.25, 0.3) is 0 Å². The zero-order chi connectivity index (χ0) is 21.9. The highest BCUT2D eigenvalue weighted by Crippen LogP contribution is 2.31. The minimum absolute atomic E-state index is 0.103. The van der Waals surface area contributed by atoms with Crippen molar-refractivity contribution in [3.05, 3.63) is 59.9 Å². The normalized spacial score (nSPS) is 17.5. The smallest absolute Gasteiger partial charge is 0.349 e. The van der Waals surface area contributed by atoms with Crippen molar-refractivity contribution >= 4 is 15.9 Å². The van der Waals surface area contributed by atoms with Crippen molar-refractivity contribution in [1.29, 1.82) is 0 Å². The van der Waals surface area contributed by atoms with Gasteiger partial charge < -0.3 is 5.32 Å². The van der Waals surface area contributed by atoms with Crippen LogP contribution in [0.1, 0.15) is 36.9 Å². The number of hydrogen-bond donors (Lipinski definition) is 1. The highest BCUT2D eigenvalue weighted by Gasteiger charge is 2.33. The second kappa shape index (κ2) is 8.73. The van der Waals surface area contributed by atoms with Crippen molar-refractivity contribution in [3.8, 4) is 0 Å². The predicted molar refractivity (Wildman–Crippen MR) is 104 cm³/mol. The van der Waals surface area contributed by atoms with E-state index in [-0.39, 0.29) is 23.9 Å². The van der Waals surface area contributed by atoms with Crippen LogP contribution < -0.4 is 5.32 Å². The van der Waals surface area contributed by atoms with Crippen molar-refractivity contribution < 1.29 is 26.4 Å². The SMILES string of the molecule is CC(NC(=O)C1CCN(S(=O)(=O)c2cccnc2)CC1)c1cccc(C(F)(F)F)c1. The van der Waals surface area contributed by atoms with Crippen LogP contribution in [0.4, 0.5) is 13.2 Å². The average Bonchev–Trinajstić information content (AvgIpc) is 2.74. The van der Waals surface area contributed by atoms with Crippen molar-refractivity contribution in [1.82, 2.24) is 14.6 Å². The van der Waals surface area contributed by atoms with E-state index in [1.807, 2.05) is 0 Å². The molecular formula is C20H22F3N3O3S. The molecule has 0 saturated carbocycles. The van der Waals surface area contributed by atoms with Crippen LogP contribution in [0.2, 0.25) is 0 Å². The summed E-state index contributed by atoms with van der Waals surface area (Å²) in [5, 5.41) is 2.75. The molecule has 1 fully saturated rings. The van der Waals surface area contributed by atoms with E-state index in [9.17, 15) is 26.4 Å². The maximum Gasteiger partial charge on any atom is 0.416 e. The molecule has 1 unspecified atom stereocenters. The van der Waals surface area contributed by atoms with E-state index in [1.165, 1.54) is 34.9 Å². The second-order valence-electron chi connectivity index (χ2n) is 7.22. The van der Waals surface area contributed by atoms with Gasteiger partial charge in [-0.25, -0.2) is 8.42 Å². The summed E-state index contributed by atoms with van der Waals surface area (Å²) in [7, 11) is -3.66. The summed E-state index contributed by atoms with van der Waals surface area (Å²) in [5.74, 6) is -0.697. The quantitative estimate of drug-likeness (QED) is 0.772. The van der Waals surface area contributed by atoms with E-state index in [1.54, 1.807) is 13.0 Å². The number of carbonyl (C=O) groups excluding carboxylic acids is 1. The number of amides is 1. The molecule has 0 bridgehead atoms. The Morgan fingerprint density at radius 1 is 1.20 bits per heavy atom. The lowest BCUT2D eigenvalue weighted by molar-refractivity contribution is -0.137. The highest BCUT2D eigenvalue weighted by atomic mass is 32.2. The summed E-state index contributed by atoms with van der Waals surface area (Å²) in [6.45, 7) is 2.00. The summed E-state index contributed by atoms with van der Waals surface area (Å²) in [5.41, 5.74) is -0.412. The molecule has 6 nitrogen and oxygen atoms in total. The maximum atomic E-state index is 12.9. The fraction of sp³-hybridized carbons (Fsp3) is 0.400. The number of nitrogens with zero attached hydrogens (tertiary/aromatic N) is 2. The van der Waals surface area contributed by atoms with Gasteiger partial charge >= 0.3 is 6.18 Å². The van der Waals surface area contributed by atoms with Gasteiger partial charge in [-0.05, 0) is 49.6 Å². The van der Waals surface area contributed by atoms with E-state index in [0.717, 1.165) is 12.1 Å². The number of nitrogens with one attached hydrogen (secondary N) is 1. The Kier molecular flexibility index (Phi) is 6.47. The Bertz CT molecular complexity index is 989. The Morgan fingerprint density at radius 3 is 2.50 bits per heavy atom. The average molecular weight is 441 g/mol. The molecule has 2 aromatic rings. The molecule has 1 aliphatic rings. The number of pyridine rings is 1. The lowest BCUT2D eigenvalue weighted by atomic mass is 9.96. The van der Waals surface area contributed by atoms with E-state index >= 15 is 0 Å². The number of benzene rings is 1. The Morgan fingerprint density at radius 2 is 1.90 bits per heavy atom. The molecular weight excluding hydrogens is 419 g/mol. The number of hydrogen-bond acceptors (Lipinski definition) is 4. The van der Waals surface area contributed by atoms with Crippen LogP contribution in [0.15, 0.2) is 53.7 Å². The van der Waals surface area contributed by atoms with Crippen LogP contribution in [-0.2, 0) is 21.0 Å². The molecule has 1 aromatic carbocycles. The van der Waals surface area contributed by atoms with Gasteiger partial charge in [0, 0.05) is 31.4 Å². The molecule has 2 heterocycles. The summed E-state index contributed by atoms with van der Waals surface area (Å²) in [4.78, 5) is 16.5. The molecule has 0 aliphatic carbocycles. The third-order valence-electron chi connectivity index (χ3n) is 5.17. The third kappa shape index (κ3) is 4.99. The lowest BCUT2D eigenvalue weighted by Crippen LogP contribution is -2.43. The number of carbonyl (C=O) groups is 1. The number of piperidine rings is 1. The van der Waals surface area contributed by atoms with Gasteiger partial charge in [0.1, 0.15) is 4.90 Å². The number of aromatic nitrogens is 1. The van der Waals surface area contributed by atoms with Gasteiger partial charge in [0.25, 0.3) is 0 Å². The van der Waals surface area contributed by atoms with Crippen LogP contribution in [0.5, 0.6) is 0 Å². The van der Waals surface area contributed by atoms with Crippen LogP contribution >= 0.6 is 0 Å². The van der Waals surface area contributed by atoms with Crippen LogP contribution in [0.3, 0.4) is 0 Å². The monoisotopic (exact) mass is 441 g/mol. The van der Waals surface area contributed by atoms with Gasteiger partial charge in [-0.3, -0.25) is 9.78 Å². The summed E-state index contributed by atoms with van der Waals surface area (Å²) in [6.07, 6.45) is -1.01. The third-order valence-corrected chi connectivity index (χ3v) is 7.05. The molecule has 1 N–H and O–H groups in total. The minimum atomic E-state index is -4.45. The first-order valence-corrected chi connectivity index (χ1v) is 10.9. The van der Waals surface area contributed by atoms with Crippen LogP contribution in [0, 0.1) is 5.92 Å². The Hall–Kier alpha value is -2.46. The minimum Gasteiger partial charge on any atom is -0.349 e. The number of alkyl halides is 3. The summed E-state index contributed by atoms with van der Waals surface area (Å²) in [6, 6.07) is 7.26. The number of halogens is 3. The Labute approximate surface area is 173 Å². The molecule has 3 rings (SSSR count). The van der Waals surface area contributed by atoms with Gasteiger partial charge in [-0.2, -0.15) is 17.5 Å². The first-order valence-electron chi connectivity index (χ1n) is 9.47. The first kappa shape index (κ1) is 22.2. The molecule has 10 heteroatoms. The highest BCUT2D eigenvalue weighted by molar-refractivity contribution is 7.89. The number of rotatable bonds is 5. The van der Waals surface area contributed by atoms with Crippen molar-refractivity contribution in [2.24, 2.45) is 5.92 Å². The second-order valence-corrected chi connectivity index (χ2v) is 9.16. The van der Waals surface area contributed by atoms with E-state index < -0.39 is 33.7 Å². The molecule has 0 radical (unpaired) electrons. The van der Waals surface area contributed by atoms with Gasteiger partial charge in [-0.1, -0.05) is 12.1 Å². The topological polar surface area (TPSA) is 79.4 Å².